The first-order valence-corrected chi connectivity index (χ1v) is 8.64. The Morgan fingerprint density at radius 1 is 1.27 bits per heavy atom. The van der Waals surface area contributed by atoms with Gasteiger partial charge < -0.3 is 20.5 Å². The van der Waals surface area contributed by atoms with Gasteiger partial charge in [-0.15, -0.1) is 0 Å². The van der Waals surface area contributed by atoms with Gasteiger partial charge in [0.15, 0.2) is 0 Å². The van der Waals surface area contributed by atoms with Crippen molar-refractivity contribution in [3.8, 4) is 5.75 Å². The van der Waals surface area contributed by atoms with Crippen molar-refractivity contribution in [3.63, 3.8) is 0 Å². The van der Waals surface area contributed by atoms with Crippen LogP contribution in [0.15, 0.2) is 41.1 Å². The second kappa shape index (κ2) is 9.30. The highest BCUT2D eigenvalue weighted by atomic mass is 79.9. The van der Waals surface area contributed by atoms with E-state index in [0.29, 0.717) is 23.4 Å². The minimum absolute atomic E-state index is 0.240. The molecular weight excluding hydrogens is 402 g/mol. The molecule has 138 valence electrons. The number of aryl methyl sites for hydroxylation is 1. The van der Waals surface area contributed by atoms with Gasteiger partial charge in [0.05, 0.1) is 26.1 Å². The highest BCUT2D eigenvalue weighted by Crippen LogP contribution is 2.28. The lowest BCUT2D eigenvalue weighted by atomic mass is 10.1. The van der Waals surface area contributed by atoms with E-state index in [1.54, 1.807) is 24.4 Å². The molecule has 1 aromatic heterocycles. The number of rotatable bonds is 7. The van der Waals surface area contributed by atoms with Crippen molar-refractivity contribution in [3.05, 3.63) is 52.3 Å². The summed E-state index contributed by atoms with van der Waals surface area (Å²) in [7, 11) is 2.86. The van der Waals surface area contributed by atoms with Gasteiger partial charge in [-0.3, -0.25) is 14.6 Å². The summed E-state index contributed by atoms with van der Waals surface area (Å²) >= 11 is 3.36. The van der Waals surface area contributed by atoms with Crippen LogP contribution >= 0.6 is 15.9 Å². The predicted molar refractivity (Wildman–Crippen MR) is 101 cm³/mol. The third-order valence-electron chi connectivity index (χ3n) is 3.72. The van der Waals surface area contributed by atoms with Crippen LogP contribution in [0.1, 0.15) is 23.6 Å². The van der Waals surface area contributed by atoms with Crippen molar-refractivity contribution >= 4 is 33.5 Å². The number of anilines is 1. The fourth-order valence-corrected chi connectivity index (χ4v) is 2.73. The number of aromatic nitrogens is 1. The molecule has 0 aliphatic carbocycles. The Hall–Kier alpha value is -2.45. The molecule has 2 rings (SSSR count). The minimum atomic E-state index is -0.916. The second-order valence-corrected chi connectivity index (χ2v) is 6.43. The fraction of sp³-hybridized carbons (Fsp3) is 0.278. The summed E-state index contributed by atoms with van der Waals surface area (Å²) in [5.74, 6) is -0.169. The largest absolute Gasteiger partial charge is 0.496 e. The van der Waals surface area contributed by atoms with Crippen LogP contribution in [-0.4, -0.2) is 31.1 Å². The number of nitrogens with one attached hydrogen (secondary N) is 1. The zero-order valence-corrected chi connectivity index (χ0v) is 16.1. The summed E-state index contributed by atoms with van der Waals surface area (Å²) in [4.78, 5) is 27.8. The third-order valence-corrected chi connectivity index (χ3v) is 4.21. The molecular formula is C18H20BrN3O4. The van der Waals surface area contributed by atoms with Gasteiger partial charge in [0, 0.05) is 22.7 Å². The number of carbonyl (C=O) groups is 2. The number of benzene rings is 1. The summed E-state index contributed by atoms with van der Waals surface area (Å²) in [5, 5.41) is 2.74. The van der Waals surface area contributed by atoms with Crippen LogP contribution in [0, 0.1) is 0 Å². The van der Waals surface area contributed by atoms with Crippen molar-refractivity contribution in [1.82, 2.24) is 4.98 Å². The topological polar surface area (TPSA) is 104 Å². The molecule has 0 aliphatic rings. The average Bonchev–Trinajstić information content (AvgIpc) is 2.65. The molecule has 1 atom stereocenters. The molecule has 0 fully saturated rings. The number of carbonyl (C=O) groups excluding carboxylic acids is 2. The number of hydrogen-bond acceptors (Lipinski definition) is 6. The number of nitrogens with two attached hydrogens (primary N) is 1. The van der Waals surface area contributed by atoms with E-state index in [9.17, 15) is 9.59 Å². The predicted octanol–water partition coefficient (Wildman–Crippen LogP) is 2.60. The van der Waals surface area contributed by atoms with Gasteiger partial charge in [-0.1, -0.05) is 15.9 Å². The molecule has 0 radical (unpaired) electrons. The van der Waals surface area contributed by atoms with Gasteiger partial charge in [0.2, 0.25) is 5.91 Å². The van der Waals surface area contributed by atoms with Crippen molar-refractivity contribution in [2.45, 2.75) is 18.9 Å². The quantitative estimate of drug-likeness (QED) is 0.665. The van der Waals surface area contributed by atoms with E-state index in [4.69, 9.17) is 10.5 Å². The first-order valence-electron chi connectivity index (χ1n) is 7.85. The number of ether oxygens (including phenoxy) is 2. The molecule has 8 heteroatoms. The lowest BCUT2D eigenvalue weighted by Crippen LogP contribution is -2.28. The second-order valence-electron chi connectivity index (χ2n) is 5.51. The van der Waals surface area contributed by atoms with E-state index in [-0.39, 0.29) is 12.4 Å². The van der Waals surface area contributed by atoms with Gasteiger partial charge in [0.1, 0.15) is 11.8 Å². The highest BCUT2D eigenvalue weighted by molar-refractivity contribution is 9.10. The number of halogens is 1. The van der Waals surface area contributed by atoms with Gasteiger partial charge >= 0.3 is 5.97 Å². The standard InChI is InChI=1S/C18H20BrN3O4/c1-25-15-5-4-12(19)8-14(15)17(20)18(24)22-13-7-11(9-21-10-13)3-6-16(23)26-2/h4-5,7-10,17H,3,6,20H2,1-2H3,(H,22,24). The van der Waals surface area contributed by atoms with Gasteiger partial charge in [-0.05, 0) is 36.2 Å². The molecule has 2 aromatic rings. The average molecular weight is 422 g/mol. The molecule has 0 spiro atoms. The van der Waals surface area contributed by atoms with Gasteiger partial charge in [-0.2, -0.15) is 0 Å². The zero-order valence-electron chi connectivity index (χ0n) is 14.5. The van der Waals surface area contributed by atoms with Crippen molar-refractivity contribution in [2.75, 3.05) is 19.5 Å². The maximum absolute atomic E-state index is 12.5. The molecule has 1 unspecified atom stereocenters. The normalized spacial score (nSPS) is 11.5. The lowest BCUT2D eigenvalue weighted by Gasteiger charge is -2.16. The summed E-state index contributed by atoms with van der Waals surface area (Å²) < 4.78 is 10.7. The van der Waals surface area contributed by atoms with E-state index in [1.165, 1.54) is 20.4 Å². The molecule has 0 saturated carbocycles. The van der Waals surface area contributed by atoms with Crippen LogP contribution in [0.4, 0.5) is 5.69 Å². The Balaban J connectivity index is 2.09. The Labute approximate surface area is 160 Å². The van der Waals surface area contributed by atoms with E-state index < -0.39 is 11.9 Å². The van der Waals surface area contributed by atoms with Crippen LogP contribution < -0.4 is 15.8 Å². The van der Waals surface area contributed by atoms with Gasteiger partial charge in [-0.25, -0.2) is 0 Å². The van der Waals surface area contributed by atoms with Crippen molar-refractivity contribution in [2.24, 2.45) is 5.73 Å². The zero-order chi connectivity index (χ0) is 19.1. The number of hydrogen-bond donors (Lipinski definition) is 2. The maximum atomic E-state index is 12.5. The summed E-state index contributed by atoms with van der Waals surface area (Å²) in [5.41, 5.74) is 7.96. The minimum Gasteiger partial charge on any atom is -0.496 e. The Morgan fingerprint density at radius 3 is 2.73 bits per heavy atom. The Bertz CT molecular complexity index is 798. The summed E-state index contributed by atoms with van der Waals surface area (Å²) in [6, 6.07) is 6.12. The third kappa shape index (κ3) is 5.27. The first-order chi connectivity index (χ1) is 12.4. The number of esters is 1. The first kappa shape index (κ1) is 19.9. The van der Waals surface area contributed by atoms with E-state index >= 15 is 0 Å². The molecule has 0 bridgehead atoms. The van der Waals surface area contributed by atoms with E-state index in [2.05, 4.69) is 31.0 Å². The molecule has 1 heterocycles. The Morgan fingerprint density at radius 2 is 2.04 bits per heavy atom. The van der Waals surface area contributed by atoms with Crippen molar-refractivity contribution < 1.29 is 19.1 Å². The van der Waals surface area contributed by atoms with Crippen LogP contribution in [-0.2, 0) is 20.7 Å². The van der Waals surface area contributed by atoms with Crippen LogP contribution in [0.3, 0.4) is 0 Å². The summed E-state index contributed by atoms with van der Waals surface area (Å²) in [6.07, 6.45) is 3.86. The molecule has 26 heavy (non-hydrogen) atoms. The number of nitrogens with zero attached hydrogens (tertiary/aromatic N) is 1. The smallest absolute Gasteiger partial charge is 0.305 e. The lowest BCUT2D eigenvalue weighted by molar-refractivity contribution is -0.140. The molecule has 1 amide bonds. The van der Waals surface area contributed by atoms with Gasteiger partial charge in [0.25, 0.3) is 0 Å². The molecule has 3 N–H and O–H groups in total. The van der Waals surface area contributed by atoms with Crippen LogP contribution in [0.5, 0.6) is 5.75 Å². The number of pyridine rings is 1. The number of amides is 1. The number of methoxy groups -OCH3 is 2. The summed E-state index contributed by atoms with van der Waals surface area (Å²) in [6.45, 7) is 0. The molecule has 1 aromatic carbocycles. The molecule has 7 nitrogen and oxygen atoms in total. The molecule has 0 saturated heterocycles. The monoisotopic (exact) mass is 421 g/mol. The fourth-order valence-electron chi connectivity index (χ4n) is 2.35. The van der Waals surface area contributed by atoms with Crippen LogP contribution in [0.25, 0.3) is 0 Å². The maximum Gasteiger partial charge on any atom is 0.305 e. The van der Waals surface area contributed by atoms with E-state index in [1.807, 2.05) is 6.07 Å². The molecule has 0 aliphatic heterocycles. The van der Waals surface area contributed by atoms with Crippen molar-refractivity contribution in [1.29, 1.82) is 0 Å². The SMILES string of the molecule is COC(=O)CCc1cncc(NC(=O)C(N)c2cc(Br)ccc2OC)c1. The Kier molecular flexibility index (Phi) is 7.11. The van der Waals surface area contributed by atoms with Crippen LogP contribution in [0.2, 0.25) is 0 Å². The van der Waals surface area contributed by atoms with E-state index in [0.717, 1.165) is 10.0 Å². The highest BCUT2D eigenvalue weighted by Gasteiger charge is 2.20.